The minimum Gasteiger partial charge on any atom is -0.325 e. The lowest BCUT2D eigenvalue weighted by atomic mass is 10.1. The Hall–Kier alpha value is -3.38. The van der Waals surface area contributed by atoms with Crippen LogP contribution < -0.4 is 10.9 Å². The van der Waals surface area contributed by atoms with E-state index in [4.69, 9.17) is 4.98 Å². The Balaban J connectivity index is 1.73. The summed E-state index contributed by atoms with van der Waals surface area (Å²) in [4.78, 5) is 31.1. The Morgan fingerprint density at radius 1 is 0.938 bits per heavy atom. The van der Waals surface area contributed by atoms with Gasteiger partial charge in [0.15, 0.2) is 5.16 Å². The molecule has 1 unspecified atom stereocenters. The standard InChI is InChI=1S/C26H25N3O2S/c1-16-12-14-20(15-13-16)29-25(31)21-10-5-6-11-22(21)27-26(29)32-19(4)24(30)28-23-17(2)8-7-9-18(23)3/h5-15,19H,1-4H3,(H,28,30). The molecule has 0 bridgehead atoms. The summed E-state index contributed by atoms with van der Waals surface area (Å²) < 4.78 is 1.59. The molecule has 0 aliphatic rings. The molecule has 1 heterocycles. The third-order valence-corrected chi connectivity index (χ3v) is 6.47. The van der Waals surface area contributed by atoms with Crippen molar-refractivity contribution in [3.05, 3.63) is 93.8 Å². The molecule has 0 radical (unpaired) electrons. The minimum absolute atomic E-state index is 0.134. The van der Waals surface area contributed by atoms with Crippen molar-refractivity contribution >= 4 is 34.3 Å². The average Bonchev–Trinajstić information content (AvgIpc) is 2.77. The third kappa shape index (κ3) is 4.32. The molecule has 0 saturated carbocycles. The molecule has 4 rings (SSSR count). The normalized spacial score (nSPS) is 12.0. The highest BCUT2D eigenvalue weighted by Gasteiger charge is 2.21. The number of amides is 1. The number of rotatable bonds is 5. The van der Waals surface area contributed by atoms with E-state index in [-0.39, 0.29) is 11.5 Å². The molecule has 1 amide bonds. The predicted molar refractivity (Wildman–Crippen MR) is 132 cm³/mol. The van der Waals surface area contributed by atoms with Crippen molar-refractivity contribution in [3.8, 4) is 5.69 Å². The maximum absolute atomic E-state index is 13.4. The molecule has 1 N–H and O–H groups in total. The van der Waals surface area contributed by atoms with Gasteiger partial charge in [0.05, 0.1) is 21.8 Å². The highest BCUT2D eigenvalue weighted by molar-refractivity contribution is 8.00. The monoisotopic (exact) mass is 443 g/mol. The second-order valence-electron chi connectivity index (χ2n) is 7.90. The van der Waals surface area contributed by atoms with Crippen LogP contribution >= 0.6 is 11.8 Å². The molecule has 0 fully saturated rings. The van der Waals surface area contributed by atoms with Gasteiger partial charge in [-0.3, -0.25) is 14.2 Å². The van der Waals surface area contributed by atoms with Gasteiger partial charge in [-0.15, -0.1) is 0 Å². The summed E-state index contributed by atoms with van der Waals surface area (Å²) in [5.41, 5.74) is 5.14. The van der Waals surface area contributed by atoms with Crippen LogP contribution in [0.15, 0.2) is 76.7 Å². The zero-order valence-corrected chi connectivity index (χ0v) is 19.4. The van der Waals surface area contributed by atoms with Crippen molar-refractivity contribution in [2.24, 2.45) is 0 Å². The van der Waals surface area contributed by atoms with Gasteiger partial charge in [-0.1, -0.05) is 59.8 Å². The lowest BCUT2D eigenvalue weighted by molar-refractivity contribution is -0.115. The predicted octanol–water partition coefficient (Wildman–Crippen LogP) is 5.43. The minimum atomic E-state index is -0.459. The Kier molecular flexibility index (Phi) is 6.15. The molecule has 0 saturated heterocycles. The van der Waals surface area contributed by atoms with Gasteiger partial charge in [0.25, 0.3) is 5.56 Å². The van der Waals surface area contributed by atoms with Crippen LogP contribution in [-0.4, -0.2) is 20.7 Å². The van der Waals surface area contributed by atoms with Crippen molar-refractivity contribution in [2.75, 3.05) is 5.32 Å². The number of aromatic nitrogens is 2. The topological polar surface area (TPSA) is 64.0 Å². The number of hydrogen-bond acceptors (Lipinski definition) is 4. The first-order chi connectivity index (χ1) is 15.3. The van der Waals surface area contributed by atoms with Crippen LogP contribution in [0.1, 0.15) is 23.6 Å². The number of benzene rings is 3. The Morgan fingerprint density at radius 2 is 1.59 bits per heavy atom. The van der Waals surface area contributed by atoms with E-state index in [1.165, 1.54) is 11.8 Å². The number of carbonyl (C=O) groups is 1. The molecule has 5 nitrogen and oxygen atoms in total. The summed E-state index contributed by atoms with van der Waals surface area (Å²) in [6, 6.07) is 20.9. The molecule has 6 heteroatoms. The second-order valence-corrected chi connectivity index (χ2v) is 9.21. The highest BCUT2D eigenvalue weighted by Crippen LogP contribution is 2.27. The number of hydrogen-bond donors (Lipinski definition) is 1. The van der Waals surface area contributed by atoms with Crippen LogP contribution in [0.4, 0.5) is 5.69 Å². The summed E-state index contributed by atoms with van der Waals surface area (Å²) in [7, 11) is 0. The number of nitrogens with one attached hydrogen (secondary N) is 1. The number of aryl methyl sites for hydroxylation is 3. The number of anilines is 1. The van der Waals surface area contributed by atoms with Crippen LogP contribution in [0, 0.1) is 20.8 Å². The van der Waals surface area contributed by atoms with Gasteiger partial charge >= 0.3 is 0 Å². The van der Waals surface area contributed by atoms with E-state index in [1.807, 2.05) is 88.4 Å². The smallest absolute Gasteiger partial charge is 0.266 e. The van der Waals surface area contributed by atoms with Gasteiger partial charge in [0.2, 0.25) is 5.91 Å². The van der Waals surface area contributed by atoms with Gasteiger partial charge in [0, 0.05) is 5.69 Å². The van der Waals surface area contributed by atoms with Crippen molar-refractivity contribution in [1.82, 2.24) is 9.55 Å². The van der Waals surface area contributed by atoms with Gasteiger partial charge < -0.3 is 5.32 Å². The first-order valence-electron chi connectivity index (χ1n) is 10.5. The second kappa shape index (κ2) is 9.01. The number of para-hydroxylation sites is 2. The van der Waals surface area contributed by atoms with E-state index in [1.54, 1.807) is 10.6 Å². The highest BCUT2D eigenvalue weighted by atomic mass is 32.2. The summed E-state index contributed by atoms with van der Waals surface area (Å²) in [6.07, 6.45) is 0. The SMILES string of the molecule is Cc1ccc(-n2c(SC(C)C(=O)Nc3c(C)cccc3C)nc3ccccc3c2=O)cc1. The molecule has 0 aliphatic carbocycles. The molecule has 0 spiro atoms. The van der Waals surface area contributed by atoms with Crippen LogP contribution in [0.3, 0.4) is 0 Å². The van der Waals surface area contributed by atoms with E-state index >= 15 is 0 Å². The zero-order valence-electron chi connectivity index (χ0n) is 18.5. The van der Waals surface area contributed by atoms with E-state index < -0.39 is 5.25 Å². The molecule has 1 atom stereocenters. The largest absolute Gasteiger partial charge is 0.325 e. The van der Waals surface area contributed by atoms with Crippen LogP contribution in [0.5, 0.6) is 0 Å². The summed E-state index contributed by atoms with van der Waals surface area (Å²) in [5.74, 6) is -0.134. The Morgan fingerprint density at radius 3 is 2.28 bits per heavy atom. The summed E-state index contributed by atoms with van der Waals surface area (Å²) in [6.45, 7) is 7.77. The van der Waals surface area contributed by atoms with E-state index in [9.17, 15) is 9.59 Å². The molecule has 0 aliphatic heterocycles. The number of nitrogens with zero attached hydrogens (tertiary/aromatic N) is 2. The third-order valence-electron chi connectivity index (χ3n) is 5.42. The van der Waals surface area contributed by atoms with Crippen molar-refractivity contribution in [1.29, 1.82) is 0 Å². The Bertz CT molecular complexity index is 1340. The fourth-order valence-electron chi connectivity index (χ4n) is 3.56. The molecule has 162 valence electrons. The molecule has 1 aromatic heterocycles. The fourth-order valence-corrected chi connectivity index (χ4v) is 4.49. The number of carbonyl (C=O) groups excluding carboxylic acids is 1. The first-order valence-corrected chi connectivity index (χ1v) is 11.4. The van der Waals surface area contributed by atoms with E-state index in [0.717, 1.165) is 28.1 Å². The fraction of sp³-hybridized carbons (Fsp3) is 0.192. The van der Waals surface area contributed by atoms with Crippen LogP contribution in [-0.2, 0) is 4.79 Å². The van der Waals surface area contributed by atoms with Gasteiger partial charge in [-0.05, 0) is 63.1 Å². The van der Waals surface area contributed by atoms with Gasteiger partial charge in [-0.2, -0.15) is 0 Å². The van der Waals surface area contributed by atoms with E-state index in [2.05, 4.69) is 5.32 Å². The average molecular weight is 444 g/mol. The zero-order chi connectivity index (χ0) is 22.8. The molecular weight excluding hydrogens is 418 g/mol. The van der Waals surface area contributed by atoms with Gasteiger partial charge in [-0.25, -0.2) is 4.98 Å². The molecular formula is C26H25N3O2S. The lowest BCUT2D eigenvalue weighted by Crippen LogP contribution is -2.26. The molecule has 4 aromatic rings. The maximum Gasteiger partial charge on any atom is 0.266 e. The van der Waals surface area contributed by atoms with Gasteiger partial charge in [0.1, 0.15) is 0 Å². The van der Waals surface area contributed by atoms with Crippen LogP contribution in [0.25, 0.3) is 16.6 Å². The Labute approximate surface area is 191 Å². The lowest BCUT2D eigenvalue weighted by Gasteiger charge is -2.18. The van der Waals surface area contributed by atoms with E-state index in [0.29, 0.717) is 16.1 Å². The quantitative estimate of drug-likeness (QED) is 0.330. The number of fused-ring (bicyclic) bond motifs is 1. The van der Waals surface area contributed by atoms with Crippen molar-refractivity contribution in [3.63, 3.8) is 0 Å². The molecule has 32 heavy (non-hydrogen) atoms. The summed E-state index contributed by atoms with van der Waals surface area (Å²) >= 11 is 1.28. The van der Waals surface area contributed by atoms with Crippen molar-refractivity contribution in [2.45, 2.75) is 38.1 Å². The summed E-state index contributed by atoms with van der Waals surface area (Å²) in [5, 5.41) is 3.62. The molecule has 3 aromatic carbocycles. The van der Waals surface area contributed by atoms with Crippen LogP contribution in [0.2, 0.25) is 0 Å². The number of thioether (sulfide) groups is 1. The maximum atomic E-state index is 13.4. The van der Waals surface area contributed by atoms with Crippen molar-refractivity contribution < 1.29 is 4.79 Å². The first kappa shape index (κ1) is 21.8.